The summed E-state index contributed by atoms with van der Waals surface area (Å²) in [4.78, 5) is 7.38. The molecule has 110 valence electrons. The van der Waals surface area contributed by atoms with Crippen LogP contribution < -0.4 is 0 Å². The lowest BCUT2D eigenvalue weighted by Gasteiger charge is -1.98. The molecule has 0 saturated heterocycles. The Balaban J connectivity index is 2.19. The second-order valence-electron chi connectivity index (χ2n) is 4.26. The first kappa shape index (κ1) is 14.2. The molecule has 0 atom stereocenters. The quantitative estimate of drug-likeness (QED) is 0.495. The summed E-state index contributed by atoms with van der Waals surface area (Å²) < 4.78 is 53.4. The number of H-pyrrole nitrogens is 1. The van der Waals surface area contributed by atoms with Gasteiger partial charge in [-0.1, -0.05) is 0 Å². The number of aromatic amines is 1. The maximum atomic E-state index is 14.0. The highest BCUT2D eigenvalue weighted by atomic mass is 127. The number of alkyl halides is 3. The molecule has 0 radical (unpaired) electrons. The number of imidazole rings is 1. The lowest BCUT2D eigenvalue weighted by molar-refractivity contribution is -0.144. The normalized spacial score (nSPS) is 12.3. The Bertz CT molecular complexity index is 835. The maximum absolute atomic E-state index is 14.0. The highest BCUT2D eigenvalue weighted by molar-refractivity contribution is 14.1. The standard InChI is InChI=1S/C11H6F4IN5/c1-4-2-3-21-7(16)6(17-9(21)5(4)12)8-18-10(20-19-8)11(13,14)15/h2-3H,1H3,(H,18,19,20). The summed E-state index contributed by atoms with van der Waals surface area (Å²) in [7, 11) is 0. The number of pyridine rings is 1. The van der Waals surface area contributed by atoms with E-state index in [1.54, 1.807) is 19.2 Å². The third-order valence-electron chi connectivity index (χ3n) is 2.83. The van der Waals surface area contributed by atoms with Gasteiger partial charge in [-0.3, -0.25) is 9.50 Å². The fourth-order valence-electron chi connectivity index (χ4n) is 1.78. The molecule has 0 saturated carbocycles. The fourth-order valence-corrected chi connectivity index (χ4v) is 2.55. The molecule has 1 N–H and O–H groups in total. The van der Waals surface area contributed by atoms with E-state index in [4.69, 9.17) is 0 Å². The number of fused-ring (bicyclic) bond motifs is 1. The van der Waals surface area contributed by atoms with Crippen LogP contribution in [0.5, 0.6) is 0 Å². The van der Waals surface area contributed by atoms with Gasteiger partial charge in [0.25, 0.3) is 5.82 Å². The molecule has 5 nitrogen and oxygen atoms in total. The number of aryl methyl sites for hydroxylation is 1. The van der Waals surface area contributed by atoms with Crippen molar-refractivity contribution in [2.45, 2.75) is 13.1 Å². The van der Waals surface area contributed by atoms with Crippen LogP contribution in [0.15, 0.2) is 12.3 Å². The van der Waals surface area contributed by atoms with Gasteiger partial charge in [0.2, 0.25) is 0 Å². The molecule has 0 fully saturated rings. The Morgan fingerprint density at radius 2 is 2.00 bits per heavy atom. The van der Waals surface area contributed by atoms with Gasteiger partial charge in [0, 0.05) is 6.20 Å². The van der Waals surface area contributed by atoms with E-state index in [-0.39, 0.29) is 17.2 Å². The summed E-state index contributed by atoms with van der Waals surface area (Å²) in [5.41, 5.74) is 0.534. The van der Waals surface area contributed by atoms with Gasteiger partial charge in [-0.15, -0.1) is 5.10 Å². The second-order valence-corrected chi connectivity index (χ2v) is 5.28. The Labute approximate surface area is 128 Å². The largest absolute Gasteiger partial charge is 0.453 e. The van der Waals surface area contributed by atoms with Crippen molar-refractivity contribution in [2.75, 3.05) is 0 Å². The number of nitrogens with one attached hydrogen (secondary N) is 1. The van der Waals surface area contributed by atoms with Crippen molar-refractivity contribution in [3.8, 4) is 11.5 Å². The SMILES string of the molecule is Cc1ccn2c(I)c(-c3nc(C(F)(F)F)n[nH]3)nc2c1F. The van der Waals surface area contributed by atoms with Gasteiger partial charge in [-0.05, 0) is 41.1 Å². The molecule has 3 rings (SSSR count). The van der Waals surface area contributed by atoms with Crippen LogP contribution in [0.2, 0.25) is 0 Å². The summed E-state index contributed by atoms with van der Waals surface area (Å²) in [6.45, 7) is 1.58. The fraction of sp³-hybridized carbons (Fsp3) is 0.182. The van der Waals surface area contributed by atoms with E-state index in [2.05, 4.69) is 20.2 Å². The van der Waals surface area contributed by atoms with Crippen LogP contribution in [-0.2, 0) is 6.18 Å². The van der Waals surface area contributed by atoms with Crippen molar-refractivity contribution in [3.63, 3.8) is 0 Å². The van der Waals surface area contributed by atoms with Crippen LogP contribution in [0, 0.1) is 16.4 Å². The molecule has 0 aliphatic heterocycles. The zero-order valence-corrected chi connectivity index (χ0v) is 12.5. The monoisotopic (exact) mass is 411 g/mol. The molecule has 3 aromatic rings. The minimum absolute atomic E-state index is 0.0272. The summed E-state index contributed by atoms with van der Waals surface area (Å²) >= 11 is 1.86. The van der Waals surface area contributed by atoms with E-state index in [1.165, 1.54) is 4.40 Å². The highest BCUT2D eigenvalue weighted by Crippen LogP contribution is 2.29. The minimum Gasteiger partial charge on any atom is -0.292 e. The van der Waals surface area contributed by atoms with Crippen molar-refractivity contribution in [3.05, 3.63) is 33.2 Å². The molecule has 0 unspecified atom stereocenters. The van der Waals surface area contributed by atoms with E-state index in [0.717, 1.165) is 0 Å². The Morgan fingerprint density at radius 3 is 2.62 bits per heavy atom. The molecular formula is C11H6F4IN5. The molecule has 0 aliphatic carbocycles. The van der Waals surface area contributed by atoms with Gasteiger partial charge in [0.05, 0.1) is 0 Å². The van der Waals surface area contributed by atoms with Gasteiger partial charge in [-0.25, -0.2) is 14.4 Å². The van der Waals surface area contributed by atoms with Gasteiger partial charge in [0.15, 0.2) is 17.3 Å². The predicted octanol–water partition coefficient (Wildman–Crippen LogP) is 3.19. The summed E-state index contributed by atoms with van der Waals surface area (Å²) in [5, 5.41) is 5.29. The van der Waals surface area contributed by atoms with Crippen molar-refractivity contribution in [1.29, 1.82) is 0 Å². The molecule has 0 aliphatic rings. The van der Waals surface area contributed by atoms with Crippen molar-refractivity contribution in [2.24, 2.45) is 0 Å². The van der Waals surface area contributed by atoms with E-state index in [9.17, 15) is 17.6 Å². The number of nitrogens with zero attached hydrogens (tertiary/aromatic N) is 4. The first-order valence-corrected chi connectivity index (χ1v) is 6.69. The summed E-state index contributed by atoms with van der Waals surface area (Å²) in [5.74, 6) is -1.98. The van der Waals surface area contributed by atoms with Gasteiger partial charge < -0.3 is 0 Å². The maximum Gasteiger partial charge on any atom is 0.453 e. The lowest BCUT2D eigenvalue weighted by Crippen LogP contribution is -2.07. The van der Waals surface area contributed by atoms with Crippen molar-refractivity contribution in [1.82, 2.24) is 24.6 Å². The van der Waals surface area contributed by atoms with Crippen LogP contribution in [-0.4, -0.2) is 24.6 Å². The second kappa shape index (κ2) is 4.64. The molecule has 0 amide bonds. The van der Waals surface area contributed by atoms with Gasteiger partial charge >= 0.3 is 6.18 Å². The zero-order chi connectivity index (χ0) is 15.4. The van der Waals surface area contributed by atoms with Crippen LogP contribution in [0.4, 0.5) is 17.6 Å². The van der Waals surface area contributed by atoms with Crippen LogP contribution in [0.25, 0.3) is 17.2 Å². The Morgan fingerprint density at radius 1 is 1.29 bits per heavy atom. The lowest BCUT2D eigenvalue weighted by atomic mass is 10.3. The van der Waals surface area contributed by atoms with E-state index >= 15 is 0 Å². The van der Waals surface area contributed by atoms with Crippen LogP contribution in [0.3, 0.4) is 0 Å². The third-order valence-corrected chi connectivity index (χ3v) is 3.86. The molecule has 21 heavy (non-hydrogen) atoms. The van der Waals surface area contributed by atoms with Crippen LogP contribution in [0.1, 0.15) is 11.4 Å². The third kappa shape index (κ3) is 2.26. The molecule has 0 spiro atoms. The molecule has 10 heteroatoms. The topological polar surface area (TPSA) is 58.9 Å². The number of aromatic nitrogens is 5. The molecule has 0 aromatic carbocycles. The Kier molecular flexibility index (Phi) is 3.15. The Hall–Kier alpha value is -1.72. The van der Waals surface area contributed by atoms with Crippen molar-refractivity contribution >= 4 is 28.2 Å². The predicted molar refractivity (Wildman–Crippen MR) is 73.0 cm³/mol. The zero-order valence-electron chi connectivity index (χ0n) is 10.3. The first-order valence-electron chi connectivity index (χ1n) is 5.61. The number of hydrogen-bond acceptors (Lipinski definition) is 3. The number of halogens is 5. The molecule has 3 aromatic heterocycles. The van der Waals surface area contributed by atoms with Crippen LogP contribution >= 0.6 is 22.6 Å². The average Bonchev–Trinajstić information content (AvgIpc) is 2.99. The minimum atomic E-state index is -4.65. The summed E-state index contributed by atoms with van der Waals surface area (Å²) in [6.07, 6.45) is -3.06. The molecule has 3 heterocycles. The molecular weight excluding hydrogens is 405 g/mol. The van der Waals surface area contributed by atoms with E-state index < -0.39 is 17.8 Å². The van der Waals surface area contributed by atoms with E-state index in [0.29, 0.717) is 9.26 Å². The summed E-state index contributed by atoms with van der Waals surface area (Å²) in [6, 6.07) is 1.55. The number of hydrogen-bond donors (Lipinski definition) is 1. The smallest absolute Gasteiger partial charge is 0.292 e. The van der Waals surface area contributed by atoms with E-state index in [1.807, 2.05) is 22.6 Å². The number of rotatable bonds is 1. The molecule has 0 bridgehead atoms. The highest BCUT2D eigenvalue weighted by Gasteiger charge is 2.36. The van der Waals surface area contributed by atoms with Gasteiger partial charge in [-0.2, -0.15) is 13.2 Å². The van der Waals surface area contributed by atoms with Crippen molar-refractivity contribution < 1.29 is 17.6 Å². The first-order chi connectivity index (χ1) is 9.79. The van der Waals surface area contributed by atoms with Gasteiger partial charge in [0.1, 0.15) is 9.39 Å². The average molecular weight is 411 g/mol.